The maximum absolute atomic E-state index is 6.42. The molecule has 21 heavy (non-hydrogen) atoms. The van der Waals surface area contributed by atoms with Crippen LogP contribution in [0.25, 0.3) is 0 Å². The number of aryl methyl sites for hydroxylation is 2. The van der Waals surface area contributed by atoms with Crippen molar-refractivity contribution in [3.63, 3.8) is 0 Å². The second kappa shape index (κ2) is 7.30. The Hall–Kier alpha value is -1.03. The molecule has 1 unspecified atom stereocenters. The first-order chi connectivity index (χ1) is 10.0. The lowest BCUT2D eigenvalue weighted by Crippen LogP contribution is -2.27. The third kappa shape index (κ3) is 4.00. The molecule has 1 aromatic heterocycles. The highest BCUT2D eigenvalue weighted by atomic mass is 35.5. The van der Waals surface area contributed by atoms with Gasteiger partial charge in [-0.05, 0) is 37.5 Å². The van der Waals surface area contributed by atoms with Gasteiger partial charge >= 0.3 is 0 Å². The van der Waals surface area contributed by atoms with Crippen molar-refractivity contribution in [1.82, 2.24) is 9.78 Å². The summed E-state index contributed by atoms with van der Waals surface area (Å²) in [6.45, 7) is 4.94. The summed E-state index contributed by atoms with van der Waals surface area (Å²) in [5, 5.41) is 6.04. The van der Waals surface area contributed by atoms with E-state index in [1.54, 1.807) is 0 Å². The minimum absolute atomic E-state index is 0.00961. The maximum atomic E-state index is 6.42. The van der Waals surface area contributed by atoms with Gasteiger partial charge < -0.3 is 5.73 Å². The predicted octanol–water partition coefficient (Wildman–Crippen LogP) is 3.88. The lowest BCUT2D eigenvalue weighted by molar-refractivity contribution is 0.573. The topological polar surface area (TPSA) is 43.8 Å². The highest BCUT2D eigenvalue weighted by Gasteiger charge is 2.17. The number of halogens is 2. The van der Waals surface area contributed by atoms with Crippen LogP contribution in [0, 0.1) is 0 Å². The van der Waals surface area contributed by atoms with Gasteiger partial charge in [0.15, 0.2) is 0 Å². The monoisotopic (exact) mass is 325 g/mol. The summed E-state index contributed by atoms with van der Waals surface area (Å²) in [6.07, 6.45) is 2.36. The molecule has 0 saturated heterocycles. The van der Waals surface area contributed by atoms with Crippen molar-refractivity contribution in [1.29, 1.82) is 0 Å². The Balaban J connectivity index is 2.10. The largest absolute Gasteiger partial charge is 0.327 e. The molecule has 0 amide bonds. The SMILES string of the molecule is CCc1nn(CC)c(CC(N)Cc2ccc(Cl)cc2)c1Cl. The van der Waals surface area contributed by atoms with Crippen molar-refractivity contribution >= 4 is 23.2 Å². The molecule has 1 atom stereocenters. The lowest BCUT2D eigenvalue weighted by atomic mass is 10.0. The van der Waals surface area contributed by atoms with Crippen LogP contribution in [0.5, 0.6) is 0 Å². The van der Waals surface area contributed by atoms with E-state index in [1.807, 2.05) is 28.9 Å². The number of nitrogens with two attached hydrogens (primary N) is 1. The van der Waals surface area contributed by atoms with Crippen LogP contribution < -0.4 is 5.73 Å². The first-order valence-electron chi connectivity index (χ1n) is 7.29. The van der Waals surface area contributed by atoms with Crippen LogP contribution in [-0.4, -0.2) is 15.8 Å². The number of nitrogens with zero attached hydrogens (tertiary/aromatic N) is 2. The molecule has 0 bridgehead atoms. The van der Waals surface area contributed by atoms with E-state index in [1.165, 1.54) is 5.56 Å². The molecule has 0 fully saturated rings. The van der Waals surface area contributed by atoms with Crippen LogP contribution in [-0.2, 0) is 25.8 Å². The van der Waals surface area contributed by atoms with Crippen LogP contribution >= 0.6 is 23.2 Å². The minimum Gasteiger partial charge on any atom is -0.327 e. The molecule has 0 aliphatic heterocycles. The van der Waals surface area contributed by atoms with Crippen molar-refractivity contribution < 1.29 is 0 Å². The number of hydrogen-bond acceptors (Lipinski definition) is 2. The van der Waals surface area contributed by atoms with Crippen molar-refractivity contribution in [2.75, 3.05) is 0 Å². The number of rotatable bonds is 6. The summed E-state index contributed by atoms with van der Waals surface area (Å²) in [4.78, 5) is 0. The van der Waals surface area contributed by atoms with Crippen LogP contribution in [0.1, 0.15) is 30.8 Å². The van der Waals surface area contributed by atoms with Crippen molar-refractivity contribution in [2.45, 2.75) is 45.7 Å². The molecule has 0 spiro atoms. The maximum Gasteiger partial charge on any atom is 0.0850 e. The Bertz CT molecular complexity index is 590. The van der Waals surface area contributed by atoms with Crippen molar-refractivity contribution in [3.05, 3.63) is 51.3 Å². The molecule has 0 aliphatic rings. The third-order valence-electron chi connectivity index (χ3n) is 3.56. The molecule has 114 valence electrons. The number of aromatic nitrogens is 2. The Kier molecular flexibility index (Phi) is 5.68. The van der Waals surface area contributed by atoms with Gasteiger partial charge in [0.2, 0.25) is 0 Å². The predicted molar refractivity (Wildman–Crippen MR) is 89.1 cm³/mol. The smallest absolute Gasteiger partial charge is 0.0850 e. The fourth-order valence-corrected chi connectivity index (χ4v) is 2.93. The molecule has 1 heterocycles. The molecule has 2 aromatic rings. The molecule has 0 aliphatic carbocycles. The first-order valence-corrected chi connectivity index (χ1v) is 8.04. The molecule has 0 radical (unpaired) electrons. The van der Waals surface area contributed by atoms with Crippen LogP contribution in [0.4, 0.5) is 0 Å². The first kappa shape index (κ1) is 16.3. The highest BCUT2D eigenvalue weighted by Crippen LogP contribution is 2.23. The van der Waals surface area contributed by atoms with E-state index < -0.39 is 0 Å². The number of hydrogen-bond donors (Lipinski definition) is 1. The van der Waals surface area contributed by atoms with E-state index >= 15 is 0 Å². The summed E-state index contributed by atoms with van der Waals surface area (Å²) in [5.41, 5.74) is 9.46. The Morgan fingerprint density at radius 1 is 1.14 bits per heavy atom. The van der Waals surface area contributed by atoms with Gasteiger partial charge in [0.25, 0.3) is 0 Å². The number of benzene rings is 1. The van der Waals surface area contributed by atoms with Crippen LogP contribution in [0.2, 0.25) is 10.0 Å². The summed E-state index contributed by atoms with van der Waals surface area (Å²) in [6, 6.07) is 7.82. The van der Waals surface area contributed by atoms with Gasteiger partial charge in [-0.15, -0.1) is 0 Å². The fraction of sp³-hybridized carbons (Fsp3) is 0.438. The van der Waals surface area contributed by atoms with E-state index in [-0.39, 0.29) is 6.04 Å². The van der Waals surface area contributed by atoms with Gasteiger partial charge in [0, 0.05) is 24.0 Å². The Morgan fingerprint density at radius 3 is 2.38 bits per heavy atom. The summed E-state index contributed by atoms with van der Waals surface area (Å²) in [5.74, 6) is 0. The molecule has 5 heteroatoms. The van der Waals surface area contributed by atoms with Gasteiger partial charge in [-0.3, -0.25) is 4.68 Å². The minimum atomic E-state index is 0.00961. The van der Waals surface area contributed by atoms with Gasteiger partial charge in [-0.25, -0.2) is 0 Å². The van der Waals surface area contributed by atoms with Crippen LogP contribution in [0.3, 0.4) is 0 Å². The molecule has 2 N–H and O–H groups in total. The van der Waals surface area contributed by atoms with E-state index in [2.05, 4.69) is 18.9 Å². The molecular weight excluding hydrogens is 305 g/mol. The van der Waals surface area contributed by atoms with Crippen molar-refractivity contribution in [2.24, 2.45) is 5.73 Å². The molecule has 1 aromatic carbocycles. The van der Waals surface area contributed by atoms with Gasteiger partial charge in [-0.2, -0.15) is 5.10 Å². The molecular formula is C16H21Cl2N3. The molecule has 3 nitrogen and oxygen atoms in total. The standard InChI is InChI=1S/C16H21Cl2N3/c1-3-14-16(18)15(21(4-2)20-14)10-13(19)9-11-5-7-12(17)8-6-11/h5-8,13H,3-4,9-10,19H2,1-2H3. The normalized spacial score (nSPS) is 12.6. The summed E-state index contributed by atoms with van der Waals surface area (Å²) in [7, 11) is 0. The zero-order chi connectivity index (χ0) is 15.4. The molecule has 2 rings (SSSR count). The van der Waals surface area contributed by atoms with E-state index in [9.17, 15) is 0 Å². The third-order valence-corrected chi connectivity index (χ3v) is 4.25. The van der Waals surface area contributed by atoms with Crippen molar-refractivity contribution in [3.8, 4) is 0 Å². The van der Waals surface area contributed by atoms with Gasteiger partial charge in [0.1, 0.15) is 0 Å². The zero-order valence-corrected chi connectivity index (χ0v) is 14.0. The van der Waals surface area contributed by atoms with E-state index in [4.69, 9.17) is 28.9 Å². The quantitative estimate of drug-likeness (QED) is 0.875. The second-order valence-electron chi connectivity index (χ2n) is 5.17. The summed E-state index contributed by atoms with van der Waals surface area (Å²) >= 11 is 12.3. The average molecular weight is 326 g/mol. The van der Waals surface area contributed by atoms with E-state index in [0.29, 0.717) is 0 Å². The van der Waals surface area contributed by atoms with Gasteiger partial charge in [-0.1, -0.05) is 42.3 Å². The fourth-order valence-electron chi connectivity index (χ4n) is 2.46. The molecule has 0 saturated carbocycles. The Morgan fingerprint density at radius 2 is 1.81 bits per heavy atom. The lowest BCUT2D eigenvalue weighted by Gasteiger charge is -2.13. The van der Waals surface area contributed by atoms with Crippen LogP contribution in [0.15, 0.2) is 24.3 Å². The Labute approximate surface area is 136 Å². The summed E-state index contributed by atoms with van der Waals surface area (Å²) < 4.78 is 1.96. The average Bonchev–Trinajstić information content (AvgIpc) is 2.77. The zero-order valence-electron chi connectivity index (χ0n) is 12.4. The van der Waals surface area contributed by atoms with Gasteiger partial charge in [0.05, 0.1) is 16.4 Å². The second-order valence-corrected chi connectivity index (χ2v) is 5.99. The highest BCUT2D eigenvalue weighted by molar-refractivity contribution is 6.32. The van der Waals surface area contributed by atoms with E-state index in [0.717, 1.165) is 47.2 Å².